The lowest BCUT2D eigenvalue weighted by molar-refractivity contribution is 0.506. The summed E-state index contributed by atoms with van der Waals surface area (Å²) in [6.07, 6.45) is 0. The highest BCUT2D eigenvalue weighted by Crippen LogP contribution is 2.32. The number of hydrogen-bond acceptors (Lipinski definition) is 2. The topological polar surface area (TPSA) is 26.0 Å². The van der Waals surface area contributed by atoms with Gasteiger partial charge in [0.2, 0.25) is 0 Å². The molecule has 2 N–H and O–H groups in total. The lowest BCUT2D eigenvalue weighted by atomic mass is 10.1. The predicted octanol–water partition coefficient (Wildman–Crippen LogP) is 5.06. The van der Waals surface area contributed by atoms with E-state index in [2.05, 4.69) is 0 Å². The van der Waals surface area contributed by atoms with Crippen molar-refractivity contribution in [2.24, 2.45) is 5.73 Å². The monoisotopic (exact) mass is 333 g/mol. The molecule has 0 aliphatic heterocycles. The van der Waals surface area contributed by atoms with Gasteiger partial charge in [0, 0.05) is 21.7 Å². The summed E-state index contributed by atoms with van der Waals surface area (Å²) in [7, 11) is 0. The Morgan fingerprint density at radius 3 is 2.50 bits per heavy atom. The SMILES string of the molecule is NC(CSc1cc(Cl)ccc1Cl)c1ccc(F)c(F)c1. The molecule has 0 spiro atoms. The third kappa shape index (κ3) is 3.85. The van der Waals surface area contributed by atoms with E-state index in [1.54, 1.807) is 18.2 Å². The number of hydrogen-bond donors (Lipinski definition) is 1. The third-order valence-electron chi connectivity index (χ3n) is 2.68. The van der Waals surface area contributed by atoms with E-state index < -0.39 is 17.7 Å². The molecule has 0 amide bonds. The van der Waals surface area contributed by atoms with Crippen molar-refractivity contribution in [2.75, 3.05) is 5.75 Å². The predicted molar refractivity (Wildman–Crippen MR) is 80.5 cm³/mol. The average Bonchev–Trinajstić information content (AvgIpc) is 2.42. The number of benzene rings is 2. The fourth-order valence-electron chi connectivity index (χ4n) is 1.61. The van der Waals surface area contributed by atoms with E-state index in [9.17, 15) is 8.78 Å². The zero-order valence-corrected chi connectivity index (χ0v) is 12.6. The summed E-state index contributed by atoms with van der Waals surface area (Å²) in [6.45, 7) is 0. The molecule has 0 saturated carbocycles. The summed E-state index contributed by atoms with van der Waals surface area (Å²) in [5, 5.41) is 1.16. The van der Waals surface area contributed by atoms with Gasteiger partial charge in [0.25, 0.3) is 0 Å². The molecular weight excluding hydrogens is 323 g/mol. The summed E-state index contributed by atoms with van der Waals surface area (Å²) in [4.78, 5) is 0.803. The maximum Gasteiger partial charge on any atom is 0.159 e. The van der Waals surface area contributed by atoms with Crippen LogP contribution >= 0.6 is 35.0 Å². The molecule has 1 nitrogen and oxygen atoms in total. The summed E-state index contributed by atoms with van der Waals surface area (Å²) in [5.74, 6) is -1.30. The smallest absolute Gasteiger partial charge is 0.159 e. The van der Waals surface area contributed by atoms with Crippen LogP contribution in [0.25, 0.3) is 0 Å². The van der Waals surface area contributed by atoms with Gasteiger partial charge in [-0.05, 0) is 35.9 Å². The van der Waals surface area contributed by atoms with Gasteiger partial charge in [0.1, 0.15) is 0 Å². The van der Waals surface area contributed by atoms with Gasteiger partial charge in [-0.15, -0.1) is 11.8 Å². The van der Waals surface area contributed by atoms with Crippen LogP contribution in [0.4, 0.5) is 8.78 Å². The average molecular weight is 334 g/mol. The van der Waals surface area contributed by atoms with Crippen molar-refractivity contribution in [1.82, 2.24) is 0 Å². The summed E-state index contributed by atoms with van der Waals surface area (Å²) in [5.41, 5.74) is 6.50. The molecule has 0 aliphatic rings. The van der Waals surface area contributed by atoms with Gasteiger partial charge in [-0.25, -0.2) is 8.78 Å². The molecule has 0 radical (unpaired) electrons. The number of halogens is 4. The van der Waals surface area contributed by atoms with Crippen LogP contribution in [0.15, 0.2) is 41.3 Å². The highest BCUT2D eigenvalue weighted by Gasteiger charge is 2.11. The van der Waals surface area contributed by atoms with Crippen LogP contribution in [0.2, 0.25) is 10.0 Å². The molecule has 1 atom stereocenters. The van der Waals surface area contributed by atoms with Gasteiger partial charge in [-0.2, -0.15) is 0 Å². The molecule has 0 aromatic heterocycles. The Bertz CT molecular complexity index is 622. The maximum absolute atomic E-state index is 13.1. The largest absolute Gasteiger partial charge is 0.323 e. The van der Waals surface area contributed by atoms with Crippen LogP contribution in [-0.4, -0.2) is 5.75 Å². The second kappa shape index (κ2) is 6.76. The molecule has 0 bridgehead atoms. The third-order valence-corrected chi connectivity index (χ3v) is 4.53. The van der Waals surface area contributed by atoms with Gasteiger partial charge in [-0.1, -0.05) is 29.3 Å². The van der Waals surface area contributed by atoms with Crippen LogP contribution in [0.3, 0.4) is 0 Å². The molecule has 2 aromatic rings. The van der Waals surface area contributed by atoms with E-state index >= 15 is 0 Å². The number of thioether (sulfide) groups is 1. The minimum absolute atomic E-state index is 0.426. The Hall–Kier alpha value is -0.810. The summed E-state index contributed by atoms with van der Waals surface area (Å²) in [6, 6.07) is 8.38. The number of nitrogens with two attached hydrogens (primary N) is 1. The van der Waals surface area contributed by atoms with Gasteiger partial charge in [-0.3, -0.25) is 0 Å². The van der Waals surface area contributed by atoms with E-state index in [1.807, 2.05) is 0 Å². The van der Waals surface area contributed by atoms with Crippen molar-refractivity contribution in [3.8, 4) is 0 Å². The fourth-order valence-corrected chi connectivity index (χ4v) is 3.09. The van der Waals surface area contributed by atoms with Crippen molar-refractivity contribution >= 4 is 35.0 Å². The Labute approximate surface area is 130 Å². The summed E-state index contributed by atoms with van der Waals surface area (Å²) >= 11 is 13.4. The van der Waals surface area contributed by atoms with Crippen molar-refractivity contribution in [1.29, 1.82) is 0 Å². The molecule has 0 saturated heterocycles. The Morgan fingerprint density at radius 2 is 1.80 bits per heavy atom. The molecule has 6 heteroatoms. The minimum atomic E-state index is -0.899. The summed E-state index contributed by atoms with van der Waals surface area (Å²) < 4.78 is 26.0. The molecule has 2 rings (SSSR count). The molecule has 1 unspecified atom stereocenters. The minimum Gasteiger partial charge on any atom is -0.323 e. The molecule has 2 aromatic carbocycles. The van der Waals surface area contributed by atoms with E-state index in [1.165, 1.54) is 17.8 Å². The standard InChI is InChI=1S/C14H11Cl2F2NS/c15-9-2-3-10(16)14(6-9)20-7-13(19)8-1-4-11(17)12(18)5-8/h1-6,13H,7,19H2. The van der Waals surface area contributed by atoms with Crippen LogP contribution in [0.1, 0.15) is 11.6 Å². The first-order valence-corrected chi connectivity index (χ1v) is 7.50. The van der Waals surface area contributed by atoms with Crippen molar-refractivity contribution in [2.45, 2.75) is 10.9 Å². The molecule has 20 heavy (non-hydrogen) atoms. The molecule has 0 aliphatic carbocycles. The number of rotatable bonds is 4. The van der Waals surface area contributed by atoms with E-state index in [4.69, 9.17) is 28.9 Å². The van der Waals surface area contributed by atoms with Gasteiger partial charge < -0.3 is 5.73 Å². The van der Waals surface area contributed by atoms with Crippen molar-refractivity contribution < 1.29 is 8.78 Å². The molecule has 106 valence electrons. The van der Waals surface area contributed by atoms with Crippen molar-refractivity contribution in [3.05, 3.63) is 63.6 Å². The first kappa shape index (κ1) is 15.6. The lowest BCUT2D eigenvalue weighted by Crippen LogP contribution is -2.13. The molecule has 0 heterocycles. The first-order chi connectivity index (χ1) is 9.47. The van der Waals surface area contributed by atoms with Crippen molar-refractivity contribution in [3.63, 3.8) is 0 Å². The maximum atomic E-state index is 13.1. The van der Waals surface area contributed by atoms with Crippen LogP contribution in [0, 0.1) is 11.6 Å². The first-order valence-electron chi connectivity index (χ1n) is 5.76. The van der Waals surface area contributed by atoms with Gasteiger partial charge >= 0.3 is 0 Å². The Balaban J connectivity index is 2.06. The Kier molecular flexibility index (Phi) is 5.27. The zero-order chi connectivity index (χ0) is 14.7. The van der Waals surface area contributed by atoms with Crippen LogP contribution < -0.4 is 5.73 Å². The second-order valence-electron chi connectivity index (χ2n) is 4.17. The fraction of sp³-hybridized carbons (Fsp3) is 0.143. The molecular formula is C14H11Cl2F2NS. The lowest BCUT2D eigenvalue weighted by Gasteiger charge is -2.12. The van der Waals surface area contributed by atoms with Gasteiger partial charge in [0.15, 0.2) is 11.6 Å². The van der Waals surface area contributed by atoms with Crippen LogP contribution in [-0.2, 0) is 0 Å². The quantitative estimate of drug-likeness (QED) is 0.791. The van der Waals surface area contributed by atoms with E-state index in [0.717, 1.165) is 17.0 Å². The van der Waals surface area contributed by atoms with Crippen LogP contribution in [0.5, 0.6) is 0 Å². The highest BCUT2D eigenvalue weighted by atomic mass is 35.5. The van der Waals surface area contributed by atoms with E-state index in [0.29, 0.717) is 21.4 Å². The van der Waals surface area contributed by atoms with Gasteiger partial charge in [0.05, 0.1) is 5.02 Å². The normalized spacial score (nSPS) is 12.4. The van der Waals surface area contributed by atoms with E-state index in [-0.39, 0.29) is 0 Å². The molecule has 0 fully saturated rings. The zero-order valence-electron chi connectivity index (χ0n) is 10.2. The Morgan fingerprint density at radius 1 is 1.05 bits per heavy atom. The second-order valence-corrected chi connectivity index (χ2v) is 6.07. The highest BCUT2D eigenvalue weighted by molar-refractivity contribution is 7.99.